The molecule has 0 bridgehead atoms. The van der Waals surface area contributed by atoms with Gasteiger partial charge in [0.2, 0.25) is 0 Å². The SMILES string of the molecule is Cc1cc2c(cc1F)SCC(=CCl)C2=O. The Bertz CT molecular complexity index is 468. The number of carbonyl (C=O) groups excluding carboxylic acids is 1. The molecule has 0 unspecified atom stereocenters. The highest BCUT2D eigenvalue weighted by atomic mass is 35.5. The first-order valence-electron chi connectivity index (χ1n) is 4.40. The molecule has 0 atom stereocenters. The second-order valence-electron chi connectivity index (χ2n) is 3.35. The van der Waals surface area contributed by atoms with Crippen molar-refractivity contribution in [1.82, 2.24) is 0 Å². The second-order valence-corrected chi connectivity index (χ2v) is 4.59. The minimum absolute atomic E-state index is 0.0955. The van der Waals surface area contributed by atoms with Crippen molar-refractivity contribution in [3.05, 3.63) is 40.2 Å². The molecule has 1 aromatic carbocycles. The van der Waals surface area contributed by atoms with Crippen LogP contribution in [0.5, 0.6) is 0 Å². The van der Waals surface area contributed by atoms with E-state index in [4.69, 9.17) is 11.6 Å². The standard InChI is InChI=1S/C11H8ClFOS/c1-6-2-8-10(3-9(6)13)15-5-7(4-12)11(8)14/h2-4H,5H2,1H3. The molecular weight excluding hydrogens is 235 g/mol. The molecule has 1 aliphatic heterocycles. The molecule has 0 aliphatic carbocycles. The highest BCUT2D eigenvalue weighted by Crippen LogP contribution is 2.34. The zero-order valence-corrected chi connectivity index (χ0v) is 9.58. The van der Waals surface area contributed by atoms with E-state index >= 15 is 0 Å². The zero-order valence-electron chi connectivity index (χ0n) is 8.01. The quantitative estimate of drug-likeness (QED) is 0.648. The summed E-state index contributed by atoms with van der Waals surface area (Å²) >= 11 is 6.98. The van der Waals surface area contributed by atoms with Gasteiger partial charge in [-0.15, -0.1) is 11.8 Å². The van der Waals surface area contributed by atoms with Crippen LogP contribution in [0.15, 0.2) is 28.1 Å². The average Bonchev–Trinajstić information content (AvgIpc) is 2.22. The second kappa shape index (κ2) is 3.99. The molecule has 1 aromatic rings. The Kier molecular flexibility index (Phi) is 2.85. The molecular formula is C11H8ClFOS. The Morgan fingerprint density at radius 2 is 2.27 bits per heavy atom. The van der Waals surface area contributed by atoms with Gasteiger partial charge in [0.1, 0.15) is 5.82 Å². The van der Waals surface area contributed by atoms with Crippen LogP contribution < -0.4 is 0 Å². The van der Waals surface area contributed by atoms with E-state index in [0.29, 0.717) is 27.3 Å². The molecule has 0 saturated carbocycles. The molecule has 4 heteroatoms. The Labute approximate surface area is 96.3 Å². The number of thioether (sulfide) groups is 1. The van der Waals surface area contributed by atoms with Gasteiger partial charge < -0.3 is 0 Å². The minimum atomic E-state index is -0.271. The first kappa shape index (κ1) is 10.7. The molecule has 0 N–H and O–H groups in total. The van der Waals surface area contributed by atoms with Gasteiger partial charge in [-0.2, -0.15) is 0 Å². The van der Waals surface area contributed by atoms with Crippen LogP contribution in [0, 0.1) is 12.7 Å². The molecule has 2 rings (SSSR count). The van der Waals surface area contributed by atoms with Crippen molar-refractivity contribution in [2.75, 3.05) is 5.75 Å². The van der Waals surface area contributed by atoms with Crippen LogP contribution in [-0.4, -0.2) is 11.5 Å². The number of carbonyl (C=O) groups is 1. The van der Waals surface area contributed by atoms with E-state index in [2.05, 4.69) is 0 Å². The fourth-order valence-corrected chi connectivity index (χ4v) is 2.72. The molecule has 0 fully saturated rings. The Balaban J connectivity index is 2.57. The van der Waals surface area contributed by atoms with E-state index in [1.54, 1.807) is 13.0 Å². The zero-order chi connectivity index (χ0) is 11.0. The van der Waals surface area contributed by atoms with E-state index in [-0.39, 0.29) is 11.6 Å². The summed E-state index contributed by atoms with van der Waals surface area (Å²) in [5.74, 6) is 0.145. The Morgan fingerprint density at radius 1 is 1.53 bits per heavy atom. The van der Waals surface area contributed by atoms with Crippen molar-refractivity contribution in [3.8, 4) is 0 Å². The Morgan fingerprint density at radius 3 is 2.93 bits per heavy atom. The molecule has 0 aromatic heterocycles. The smallest absolute Gasteiger partial charge is 0.191 e. The lowest BCUT2D eigenvalue weighted by molar-refractivity contribution is 0.103. The molecule has 78 valence electrons. The number of aryl methyl sites for hydroxylation is 1. The summed E-state index contributed by atoms with van der Waals surface area (Å²) in [6.07, 6.45) is 0. The van der Waals surface area contributed by atoms with Crippen LogP contribution in [0.25, 0.3) is 0 Å². The summed E-state index contributed by atoms with van der Waals surface area (Å²) in [4.78, 5) is 12.5. The summed E-state index contributed by atoms with van der Waals surface area (Å²) < 4.78 is 13.2. The number of benzene rings is 1. The van der Waals surface area contributed by atoms with Crippen LogP contribution in [0.1, 0.15) is 15.9 Å². The monoisotopic (exact) mass is 242 g/mol. The van der Waals surface area contributed by atoms with Gasteiger partial charge in [0.05, 0.1) is 0 Å². The summed E-state index contributed by atoms with van der Waals surface area (Å²) in [6.45, 7) is 1.65. The normalized spacial score (nSPS) is 18.1. The van der Waals surface area contributed by atoms with Gasteiger partial charge in [-0.1, -0.05) is 11.6 Å². The fourth-order valence-electron chi connectivity index (χ4n) is 1.44. The topological polar surface area (TPSA) is 17.1 Å². The van der Waals surface area contributed by atoms with Crippen LogP contribution in [0.2, 0.25) is 0 Å². The maximum Gasteiger partial charge on any atom is 0.191 e. The fraction of sp³-hybridized carbons (Fsp3) is 0.182. The van der Waals surface area contributed by atoms with E-state index < -0.39 is 0 Å². The van der Waals surface area contributed by atoms with Gasteiger partial charge in [0.15, 0.2) is 5.78 Å². The molecule has 0 spiro atoms. The molecule has 1 heterocycles. The highest BCUT2D eigenvalue weighted by Gasteiger charge is 2.23. The van der Waals surface area contributed by atoms with Gasteiger partial charge in [-0.3, -0.25) is 4.79 Å². The summed E-state index contributed by atoms with van der Waals surface area (Å²) in [5, 5.41) is 0. The van der Waals surface area contributed by atoms with Crippen LogP contribution in [0.4, 0.5) is 4.39 Å². The number of hydrogen-bond acceptors (Lipinski definition) is 2. The molecule has 1 aliphatic rings. The van der Waals surface area contributed by atoms with Crippen molar-refractivity contribution in [3.63, 3.8) is 0 Å². The number of Topliss-reactive ketones (excluding diaryl/α,β-unsaturated/α-hetero) is 1. The van der Waals surface area contributed by atoms with Gasteiger partial charge in [-0.25, -0.2) is 4.39 Å². The van der Waals surface area contributed by atoms with Crippen LogP contribution in [0.3, 0.4) is 0 Å². The first-order valence-corrected chi connectivity index (χ1v) is 5.82. The largest absolute Gasteiger partial charge is 0.289 e. The van der Waals surface area contributed by atoms with Crippen molar-refractivity contribution < 1.29 is 9.18 Å². The van der Waals surface area contributed by atoms with E-state index in [1.165, 1.54) is 23.4 Å². The number of hydrogen-bond donors (Lipinski definition) is 0. The third kappa shape index (κ3) is 1.82. The van der Waals surface area contributed by atoms with Crippen LogP contribution in [-0.2, 0) is 0 Å². The number of rotatable bonds is 0. The molecule has 0 saturated heterocycles. The minimum Gasteiger partial charge on any atom is -0.289 e. The van der Waals surface area contributed by atoms with Gasteiger partial charge in [0.25, 0.3) is 0 Å². The average molecular weight is 243 g/mol. The van der Waals surface area contributed by atoms with Crippen molar-refractivity contribution in [2.45, 2.75) is 11.8 Å². The first-order chi connectivity index (χ1) is 7.13. The highest BCUT2D eigenvalue weighted by molar-refractivity contribution is 7.99. The van der Waals surface area contributed by atoms with E-state index in [0.717, 1.165) is 0 Å². The van der Waals surface area contributed by atoms with Gasteiger partial charge in [-0.05, 0) is 24.6 Å². The summed E-state index contributed by atoms with van der Waals surface area (Å²) in [7, 11) is 0. The number of fused-ring (bicyclic) bond motifs is 1. The van der Waals surface area contributed by atoms with Crippen LogP contribution >= 0.6 is 23.4 Å². The van der Waals surface area contributed by atoms with E-state index in [9.17, 15) is 9.18 Å². The molecule has 15 heavy (non-hydrogen) atoms. The lowest BCUT2D eigenvalue weighted by atomic mass is 10.0. The Hall–Kier alpha value is -0.800. The number of ketones is 1. The third-order valence-electron chi connectivity index (χ3n) is 2.31. The van der Waals surface area contributed by atoms with Crippen molar-refractivity contribution >= 4 is 29.1 Å². The lowest BCUT2D eigenvalue weighted by Crippen LogP contribution is -2.12. The third-order valence-corrected chi connectivity index (χ3v) is 3.68. The molecule has 0 amide bonds. The van der Waals surface area contributed by atoms with Crippen molar-refractivity contribution in [2.24, 2.45) is 0 Å². The predicted octanol–water partition coefficient (Wildman–Crippen LogP) is 3.55. The molecule has 1 nitrogen and oxygen atoms in total. The van der Waals surface area contributed by atoms with Gasteiger partial charge in [0, 0.05) is 27.3 Å². The summed E-state index contributed by atoms with van der Waals surface area (Å²) in [5.41, 5.74) is 2.91. The predicted molar refractivity (Wildman–Crippen MR) is 60.1 cm³/mol. The van der Waals surface area contributed by atoms with Crippen molar-refractivity contribution in [1.29, 1.82) is 0 Å². The summed E-state index contributed by atoms with van der Waals surface area (Å²) in [6, 6.07) is 3.00. The molecule has 0 radical (unpaired) electrons. The van der Waals surface area contributed by atoms with Gasteiger partial charge >= 0.3 is 0 Å². The lowest BCUT2D eigenvalue weighted by Gasteiger charge is -2.17. The maximum atomic E-state index is 13.2. The maximum absolute atomic E-state index is 13.2. The van der Waals surface area contributed by atoms with E-state index in [1.807, 2.05) is 0 Å². The number of halogens is 2.